The third-order valence-corrected chi connectivity index (χ3v) is 17.8. The van der Waals surface area contributed by atoms with Gasteiger partial charge in [0.15, 0.2) is 5.82 Å². The van der Waals surface area contributed by atoms with Gasteiger partial charge in [0.05, 0.1) is 16.8 Å². The molecule has 7 aromatic carbocycles. The van der Waals surface area contributed by atoms with Crippen molar-refractivity contribution in [3.8, 4) is 56.5 Å². The molecular weight excluding hydrogens is 773 g/mol. The van der Waals surface area contributed by atoms with Gasteiger partial charge in [-0.05, 0) is 137 Å². The second kappa shape index (κ2) is 12.2. The number of para-hydroxylation sites is 2. The Hall–Kier alpha value is -6.36. The predicted octanol–water partition coefficient (Wildman–Crippen LogP) is 14.6. The van der Waals surface area contributed by atoms with Crippen molar-refractivity contribution in [2.45, 2.75) is 42.9 Å². The maximum atomic E-state index is 6.60. The van der Waals surface area contributed by atoms with Crippen LogP contribution in [-0.4, -0.2) is 9.97 Å². The Morgan fingerprint density at radius 3 is 2.00 bits per heavy atom. The number of aromatic nitrogens is 2. The van der Waals surface area contributed by atoms with E-state index in [4.69, 9.17) is 14.7 Å². The second-order valence-electron chi connectivity index (χ2n) is 19.3. The van der Waals surface area contributed by atoms with Gasteiger partial charge >= 0.3 is 0 Å². The molecule has 6 atom stereocenters. The number of benzene rings is 7. The first kappa shape index (κ1) is 34.3. The van der Waals surface area contributed by atoms with Gasteiger partial charge in [-0.25, -0.2) is 9.97 Å². The molecule has 0 amide bonds. The van der Waals surface area contributed by atoms with Crippen molar-refractivity contribution < 1.29 is 4.74 Å². The Morgan fingerprint density at radius 1 is 0.500 bits per heavy atom. The molecule has 62 heavy (non-hydrogen) atoms. The molecule has 3 heterocycles. The van der Waals surface area contributed by atoms with E-state index >= 15 is 0 Å². The molecule has 2 aromatic heterocycles. The van der Waals surface area contributed by atoms with Crippen LogP contribution in [0.1, 0.15) is 59.9 Å². The van der Waals surface area contributed by atoms with Gasteiger partial charge in [-0.15, -0.1) is 11.3 Å². The third kappa shape index (κ3) is 4.41. The van der Waals surface area contributed by atoms with Crippen molar-refractivity contribution in [2.75, 3.05) is 0 Å². The van der Waals surface area contributed by atoms with Crippen LogP contribution in [0.15, 0.2) is 164 Å². The van der Waals surface area contributed by atoms with E-state index in [1.54, 1.807) is 5.56 Å². The van der Waals surface area contributed by atoms with Crippen LogP contribution in [-0.2, 0) is 10.8 Å². The summed E-state index contributed by atoms with van der Waals surface area (Å²) in [5.74, 6) is 7.26. The Morgan fingerprint density at radius 2 is 1.18 bits per heavy atom. The van der Waals surface area contributed by atoms with E-state index in [0.717, 1.165) is 75.0 Å². The molecule has 6 aliphatic carbocycles. The lowest BCUT2D eigenvalue weighted by Crippen LogP contribution is -2.48. The Bertz CT molecular complexity index is 3330. The summed E-state index contributed by atoms with van der Waals surface area (Å²) >= 11 is 1.86. The first-order chi connectivity index (χ1) is 30.6. The molecule has 7 aliphatic rings. The van der Waals surface area contributed by atoms with Crippen LogP contribution in [0.3, 0.4) is 0 Å². The SMILES string of the molecule is c1ccc2c(c1)Oc1ccccc1C21c2ccccc2-c2cc(-c3nc(-c4ccc(C56CC7C[C@@H]8C[C@@H](C[C@@H]7C85)C6)cc4)cc(-c4ccc5sc6ccccc6c5c4)n3)ccc21. The largest absolute Gasteiger partial charge is 0.457 e. The standard InChI is InChI=1S/C58H42N2OS/c1-3-11-45-40(9-1)43-29-36(19-23-46(43)58(45)47-12-4-6-14-51(47)61-52-15-7-5-13-48(52)58)56-59-49(30-50(60-56)35-20-24-54-44(28-35)41-10-2-8-16-53(41)62-54)34-17-21-39(22-18-34)57-31-33-25-37-27-38(32-57)42(26-33)55(37)57/h1-24,28-30,33,37-38,42,55H,25-27,31-32H2/t33-,37-,38?,42-,55?,57?/m0/s1. The fourth-order valence-corrected chi connectivity index (χ4v) is 15.7. The number of nitrogens with zero attached hydrogens (tertiary/aromatic N) is 2. The average molecular weight is 815 g/mol. The van der Waals surface area contributed by atoms with Crippen molar-refractivity contribution in [3.05, 3.63) is 192 Å². The van der Waals surface area contributed by atoms with Gasteiger partial charge in [0.2, 0.25) is 0 Å². The summed E-state index contributed by atoms with van der Waals surface area (Å²) in [6.07, 6.45) is 7.28. The summed E-state index contributed by atoms with van der Waals surface area (Å²) in [4.78, 5) is 10.9. The minimum Gasteiger partial charge on any atom is -0.457 e. The molecule has 1 spiro atoms. The first-order valence-corrected chi connectivity index (χ1v) is 23.5. The highest BCUT2D eigenvalue weighted by molar-refractivity contribution is 7.25. The molecule has 6 bridgehead atoms. The molecular formula is C58H42N2OS. The smallest absolute Gasteiger partial charge is 0.160 e. The quantitative estimate of drug-likeness (QED) is 0.177. The molecule has 9 aromatic rings. The Balaban J connectivity index is 0.907. The van der Waals surface area contributed by atoms with Crippen molar-refractivity contribution >= 4 is 31.5 Å². The zero-order valence-electron chi connectivity index (χ0n) is 34.2. The van der Waals surface area contributed by atoms with Crippen molar-refractivity contribution in [3.63, 3.8) is 0 Å². The van der Waals surface area contributed by atoms with Crippen molar-refractivity contribution in [2.24, 2.45) is 29.6 Å². The highest BCUT2D eigenvalue weighted by atomic mass is 32.1. The Kier molecular flexibility index (Phi) is 6.73. The average Bonchev–Trinajstić information content (AvgIpc) is 4.00. The van der Waals surface area contributed by atoms with Gasteiger partial charge in [0, 0.05) is 48.0 Å². The normalized spacial score (nSPS) is 24.9. The molecule has 1 aliphatic heterocycles. The Labute approximate surface area is 365 Å². The van der Waals surface area contributed by atoms with E-state index in [2.05, 4.69) is 164 Å². The minimum atomic E-state index is -0.512. The summed E-state index contributed by atoms with van der Waals surface area (Å²) in [6, 6.07) is 60.6. The van der Waals surface area contributed by atoms with Gasteiger partial charge in [-0.1, -0.05) is 121 Å². The summed E-state index contributed by atoms with van der Waals surface area (Å²) in [5.41, 5.74) is 14.0. The first-order valence-electron chi connectivity index (χ1n) is 22.7. The molecule has 5 saturated carbocycles. The molecule has 16 rings (SSSR count). The van der Waals surface area contributed by atoms with Crippen molar-refractivity contribution in [1.82, 2.24) is 9.97 Å². The predicted molar refractivity (Wildman–Crippen MR) is 251 cm³/mol. The highest BCUT2D eigenvalue weighted by Gasteiger charge is 2.67. The van der Waals surface area contributed by atoms with Gasteiger partial charge < -0.3 is 4.74 Å². The molecule has 0 N–H and O–H groups in total. The topological polar surface area (TPSA) is 35.0 Å². The number of ether oxygens (including phenoxy) is 1. The van der Waals surface area contributed by atoms with E-state index in [-0.39, 0.29) is 0 Å². The van der Waals surface area contributed by atoms with Crippen LogP contribution in [0.2, 0.25) is 0 Å². The van der Waals surface area contributed by atoms with Gasteiger partial charge in [0.1, 0.15) is 11.5 Å². The minimum absolute atomic E-state index is 0.391. The van der Waals surface area contributed by atoms with Crippen LogP contribution in [0.25, 0.3) is 65.2 Å². The summed E-state index contributed by atoms with van der Waals surface area (Å²) in [6.45, 7) is 0. The van der Waals surface area contributed by atoms with Gasteiger partial charge in [0.25, 0.3) is 0 Å². The molecule has 0 radical (unpaired) electrons. The number of fused-ring (bicyclic) bond motifs is 12. The zero-order chi connectivity index (χ0) is 40.3. The maximum Gasteiger partial charge on any atom is 0.160 e. The van der Waals surface area contributed by atoms with Crippen LogP contribution in [0, 0.1) is 29.6 Å². The molecule has 3 nitrogen and oxygen atoms in total. The highest BCUT2D eigenvalue weighted by Crippen LogP contribution is 2.74. The van der Waals surface area contributed by atoms with Crippen LogP contribution < -0.4 is 4.74 Å². The van der Waals surface area contributed by atoms with E-state index in [1.807, 2.05) is 11.3 Å². The summed E-state index contributed by atoms with van der Waals surface area (Å²) in [7, 11) is 0. The molecule has 5 fully saturated rings. The van der Waals surface area contributed by atoms with Crippen LogP contribution in [0.4, 0.5) is 0 Å². The third-order valence-electron chi connectivity index (χ3n) is 16.6. The monoisotopic (exact) mass is 814 g/mol. The number of hydrogen-bond donors (Lipinski definition) is 0. The molecule has 0 saturated heterocycles. The van der Waals surface area contributed by atoms with Gasteiger partial charge in [-0.2, -0.15) is 0 Å². The van der Waals surface area contributed by atoms with E-state index in [0.29, 0.717) is 5.41 Å². The number of hydrogen-bond acceptors (Lipinski definition) is 4. The summed E-state index contributed by atoms with van der Waals surface area (Å²) in [5, 5.41) is 2.57. The molecule has 296 valence electrons. The summed E-state index contributed by atoms with van der Waals surface area (Å²) < 4.78 is 9.21. The lowest BCUT2D eigenvalue weighted by atomic mass is 9.51. The van der Waals surface area contributed by atoms with Crippen molar-refractivity contribution in [1.29, 1.82) is 0 Å². The van der Waals surface area contributed by atoms with E-state index in [1.165, 1.54) is 85.7 Å². The number of rotatable bonds is 4. The lowest BCUT2D eigenvalue weighted by molar-refractivity contribution is 0.0209. The lowest BCUT2D eigenvalue weighted by Gasteiger charge is -2.53. The number of thiophene rings is 1. The molecule has 3 unspecified atom stereocenters. The van der Waals surface area contributed by atoms with Gasteiger partial charge in [-0.3, -0.25) is 0 Å². The van der Waals surface area contributed by atoms with E-state index < -0.39 is 5.41 Å². The molecule has 4 heteroatoms. The zero-order valence-corrected chi connectivity index (χ0v) is 35.0. The van der Waals surface area contributed by atoms with Crippen LogP contribution >= 0.6 is 11.3 Å². The fraction of sp³-hybridized carbons (Fsp3) is 0.207. The van der Waals surface area contributed by atoms with Crippen LogP contribution in [0.5, 0.6) is 11.5 Å². The van der Waals surface area contributed by atoms with E-state index in [9.17, 15) is 0 Å². The maximum absolute atomic E-state index is 6.60. The second-order valence-corrected chi connectivity index (χ2v) is 20.4. The fourth-order valence-electron chi connectivity index (χ4n) is 14.6.